The van der Waals surface area contributed by atoms with Gasteiger partial charge in [-0.25, -0.2) is 4.79 Å². The van der Waals surface area contributed by atoms with Crippen molar-refractivity contribution in [2.24, 2.45) is 0 Å². The minimum atomic E-state index is -0.863. The number of hydrogen-bond acceptors (Lipinski definition) is 6. The molecular formula is C14H22O8. The summed E-state index contributed by atoms with van der Waals surface area (Å²) in [6, 6.07) is 6.92. The van der Waals surface area contributed by atoms with E-state index in [1.807, 2.05) is 6.07 Å². The summed E-state index contributed by atoms with van der Waals surface area (Å²) in [6.07, 6.45) is 0. The summed E-state index contributed by atoms with van der Waals surface area (Å²) in [5.74, 6) is -1.91. The molecule has 8 heteroatoms. The lowest BCUT2D eigenvalue weighted by molar-refractivity contribution is -0.176. The van der Waals surface area contributed by atoms with Crippen molar-refractivity contribution in [1.82, 2.24) is 0 Å². The first-order valence-corrected chi connectivity index (χ1v) is 6.04. The minimum Gasteiger partial charge on any atom is -0.481 e. The zero-order valence-corrected chi connectivity index (χ0v) is 12.9. The fourth-order valence-electron chi connectivity index (χ4n) is 1.02. The predicted molar refractivity (Wildman–Crippen MR) is 79.0 cm³/mol. The molecule has 0 aliphatic heterocycles. The number of aromatic carboxylic acids is 1. The van der Waals surface area contributed by atoms with Crippen molar-refractivity contribution < 1.29 is 39.8 Å². The van der Waals surface area contributed by atoms with Crippen molar-refractivity contribution in [1.29, 1.82) is 0 Å². The third-order valence-electron chi connectivity index (χ3n) is 1.72. The molecule has 0 bridgehead atoms. The van der Waals surface area contributed by atoms with Crippen molar-refractivity contribution in [3.05, 3.63) is 35.4 Å². The Bertz CT molecular complexity index is 438. The van der Waals surface area contributed by atoms with E-state index >= 15 is 0 Å². The molecule has 0 atom stereocenters. The average molecular weight is 318 g/mol. The Labute approximate surface area is 128 Å². The molecule has 126 valence electrons. The van der Waals surface area contributed by atoms with Gasteiger partial charge in [0.1, 0.15) is 0 Å². The highest BCUT2D eigenvalue weighted by atomic mass is 17.0. The third kappa shape index (κ3) is 19.9. The maximum atomic E-state index is 10.4. The highest BCUT2D eigenvalue weighted by molar-refractivity contribution is 5.89. The minimum absolute atomic E-state index is 0.211. The van der Waals surface area contributed by atoms with Gasteiger partial charge in [-0.15, -0.1) is 0 Å². The van der Waals surface area contributed by atoms with Gasteiger partial charge in [-0.1, -0.05) is 18.2 Å². The van der Waals surface area contributed by atoms with Gasteiger partial charge in [0.15, 0.2) is 0 Å². The summed E-state index contributed by atoms with van der Waals surface area (Å²) < 4.78 is 4.40. The maximum Gasteiger partial charge on any atom is 0.335 e. The predicted octanol–water partition coefficient (Wildman–Crippen LogP) is 2.37. The van der Waals surface area contributed by atoms with Crippen molar-refractivity contribution in [3.8, 4) is 0 Å². The first kappa shape index (κ1) is 24.6. The van der Waals surface area contributed by atoms with Crippen LogP contribution in [0.4, 0.5) is 0 Å². The number of hydrogen-bond donors (Lipinski definition) is 4. The molecule has 0 saturated heterocycles. The van der Waals surface area contributed by atoms with E-state index in [4.69, 9.17) is 25.5 Å². The Morgan fingerprint density at radius 3 is 1.64 bits per heavy atom. The summed E-state index contributed by atoms with van der Waals surface area (Å²) in [4.78, 5) is 29.2. The normalized spacial score (nSPS) is 7.73. The van der Waals surface area contributed by atoms with Crippen molar-refractivity contribution >= 4 is 17.9 Å². The van der Waals surface area contributed by atoms with Crippen LogP contribution >= 0.6 is 0 Å². The number of ether oxygens (including phenoxy) is 1. The molecule has 1 aromatic carbocycles. The SMILES string of the molecule is CC(=O)O.CCOC(C)=O.Cc1ccccc1C(=O)O.OO. The Kier molecular flexibility index (Phi) is 18.5. The summed E-state index contributed by atoms with van der Waals surface area (Å²) >= 11 is 0. The third-order valence-corrected chi connectivity index (χ3v) is 1.72. The van der Waals surface area contributed by atoms with E-state index in [0.29, 0.717) is 12.2 Å². The van der Waals surface area contributed by atoms with E-state index in [1.165, 1.54) is 6.92 Å². The van der Waals surface area contributed by atoms with Gasteiger partial charge in [0, 0.05) is 13.8 Å². The van der Waals surface area contributed by atoms with Crippen LogP contribution in [0.25, 0.3) is 0 Å². The number of aliphatic carboxylic acids is 1. The van der Waals surface area contributed by atoms with Crippen LogP contribution in [0.5, 0.6) is 0 Å². The molecule has 0 spiro atoms. The largest absolute Gasteiger partial charge is 0.481 e. The second-order valence-electron chi connectivity index (χ2n) is 3.56. The number of rotatable bonds is 2. The molecule has 8 nitrogen and oxygen atoms in total. The summed E-state index contributed by atoms with van der Waals surface area (Å²) in [5, 5.41) is 28.0. The number of carbonyl (C=O) groups excluding carboxylic acids is 1. The van der Waals surface area contributed by atoms with Crippen LogP contribution in [0.15, 0.2) is 24.3 Å². The van der Waals surface area contributed by atoms with Gasteiger partial charge in [0.2, 0.25) is 0 Å². The molecule has 0 saturated carbocycles. The maximum absolute atomic E-state index is 10.4. The second-order valence-corrected chi connectivity index (χ2v) is 3.56. The van der Waals surface area contributed by atoms with Crippen molar-refractivity contribution in [2.75, 3.05) is 6.61 Å². The topological polar surface area (TPSA) is 141 Å². The van der Waals surface area contributed by atoms with Crippen molar-refractivity contribution in [3.63, 3.8) is 0 Å². The lowest BCUT2D eigenvalue weighted by atomic mass is 10.1. The van der Waals surface area contributed by atoms with Crippen LogP contribution in [0.1, 0.15) is 36.7 Å². The molecule has 0 amide bonds. The molecule has 0 aromatic heterocycles. The van der Waals surface area contributed by atoms with Crippen LogP contribution in [-0.2, 0) is 14.3 Å². The fourth-order valence-corrected chi connectivity index (χ4v) is 1.02. The van der Waals surface area contributed by atoms with Gasteiger partial charge in [0.05, 0.1) is 12.2 Å². The average Bonchev–Trinajstić information content (AvgIpc) is 2.41. The first-order valence-electron chi connectivity index (χ1n) is 6.04. The molecule has 0 aliphatic carbocycles. The number of esters is 1. The highest BCUT2D eigenvalue weighted by Gasteiger charge is 2.02. The van der Waals surface area contributed by atoms with E-state index in [2.05, 4.69) is 4.74 Å². The highest BCUT2D eigenvalue weighted by Crippen LogP contribution is 2.05. The monoisotopic (exact) mass is 318 g/mol. The Balaban J connectivity index is -0.000000259. The number of benzene rings is 1. The molecule has 0 fully saturated rings. The molecule has 4 N–H and O–H groups in total. The lowest BCUT2D eigenvalue weighted by Crippen LogP contribution is -1.97. The molecule has 0 unspecified atom stereocenters. The molecule has 0 radical (unpaired) electrons. The first-order chi connectivity index (χ1) is 10.2. The molecule has 1 rings (SSSR count). The van der Waals surface area contributed by atoms with E-state index in [9.17, 15) is 9.59 Å². The van der Waals surface area contributed by atoms with Crippen LogP contribution in [0, 0.1) is 6.92 Å². The number of carbonyl (C=O) groups is 3. The zero-order chi connectivity index (χ0) is 18.1. The Morgan fingerprint density at radius 2 is 1.45 bits per heavy atom. The number of carboxylic acids is 2. The summed E-state index contributed by atoms with van der Waals surface area (Å²) in [7, 11) is 0. The van der Waals surface area contributed by atoms with Gasteiger partial charge >= 0.3 is 11.9 Å². The van der Waals surface area contributed by atoms with Gasteiger partial charge in [0.25, 0.3) is 5.97 Å². The smallest absolute Gasteiger partial charge is 0.335 e. The van der Waals surface area contributed by atoms with Gasteiger partial charge < -0.3 is 14.9 Å². The summed E-state index contributed by atoms with van der Waals surface area (Å²) in [5.41, 5.74) is 1.18. The van der Waals surface area contributed by atoms with E-state index in [-0.39, 0.29) is 5.97 Å². The van der Waals surface area contributed by atoms with Crippen LogP contribution in [-0.4, -0.2) is 45.2 Å². The Hall–Kier alpha value is -2.45. The quantitative estimate of drug-likeness (QED) is 0.370. The van der Waals surface area contributed by atoms with Gasteiger partial charge in [-0.2, -0.15) is 0 Å². The van der Waals surface area contributed by atoms with Crippen LogP contribution < -0.4 is 0 Å². The van der Waals surface area contributed by atoms with E-state index in [0.717, 1.165) is 12.5 Å². The van der Waals surface area contributed by atoms with E-state index < -0.39 is 11.9 Å². The number of aryl methyl sites for hydroxylation is 1. The van der Waals surface area contributed by atoms with Gasteiger partial charge in [-0.3, -0.25) is 20.1 Å². The lowest BCUT2D eigenvalue weighted by Gasteiger charge is -1.96. The molecule has 22 heavy (non-hydrogen) atoms. The van der Waals surface area contributed by atoms with Crippen molar-refractivity contribution in [2.45, 2.75) is 27.7 Å². The molecule has 0 aliphatic rings. The molecule has 1 aromatic rings. The fraction of sp³-hybridized carbons (Fsp3) is 0.357. The second kappa shape index (κ2) is 16.6. The van der Waals surface area contributed by atoms with E-state index in [1.54, 1.807) is 32.0 Å². The number of carboxylic acid groups (broad SMARTS) is 2. The van der Waals surface area contributed by atoms with Gasteiger partial charge in [-0.05, 0) is 25.5 Å². The molecule has 0 heterocycles. The zero-order valence-electron chi connectivity index (χ0n) is 12.9. The summed E-state index contributed by atoms with van der Waals surface area (Å²) in [6.45, 7) is 6.52. The van der Waals surface area contributed by atoms with Crippen LogP contribution in [0.2, 0.25) is 0 Å². The van der Waals surface area contributed by atoms with Crippen LogP contribution in [0.3, 0.4) is 0 Å². The standard InChI is InChI=1S/C8H8O2.C4H8O2.C2H4O2.H2O2/c1-6-4-2-3-5-7(6)8(9)10;1-3-6-4(2)5;1-2(3)4;1-2/h2-5H,1H3,(H,9,10);3H2,1-2H3;1H3,(H,3,4);1-2H. The Morgan fingerprint density at radius 1 is 1.05 bits per heavy atom. The molecular weight excluding hydrogens is 296 g/mol.